The number of amides is 1. The van der Waals surface area contributed by atoms with Crippen LogP contribution in [0.1, 0.15) is 43.5 Å². The van der Waals surface area contributed by atoms with Crippen LogP contribution < -0.4 is 10.1 Å². The maximum Gasteiger partial charge on any atom is 0.252 e. The van der Waals surface area contributed by atoms with Crippen molar-refractivity contribution in [3.8, 4) is 5.88 Å². The van der Waals surface area contributed by atoms with E-state index in [0.29, 0.717) is 11.4 Å². The van der Waals surface area contributed by atoms with E-state index >= 15 is 0 Å². The molecule has 1 aliphatic rings. The van der Waals surface area contributed by atoms with E-state index in [1.807, 2.05) is 0 Å². The van der Waals surface area contributed by atoms with E-state index in [9.17, 15) is 4.79 Å². The maximum atomic E-state index is 12.0. The topological polar surface area (TPSA) is 71.5 Å². The molecule has 1 saturated carbocycles. The number of pyridine rings is 1. The third-order valence-electron chi connectivity index (χ3n) is 3.18. The van der Waals surface area contributed by atoms with Crippen LogP contribution in [0.4, 0.5) is 0 Å². The largest absolute Gasteiger partial charge is 0.474 e. The highest BCUT2D eigenvalue weighted by molar-refractivity contribution is 5.94. The average molecular weight is 264 g/mol. The normalized spacial score (nSPS) is 15.7. The van der Waals surface area contributed by atoms with Gasteiger partial charge < -0.3 is 15.2 Å². The van der Waals surface area contributed by atoms with Gasteiger partial charge in [0, 0.05) is 17.8 Å². The summed E-state index contributed by atoms with van der Waals surface area (Å²) >= 11 is 0. The second-order valence-electron chi connectivity index (χ2n) is 5.55. The standard InChI is InChI=1S/C14H20N2O3/c1-14(2,9-17)16-13(18)10-6-7-15-12(8-10)19-11-4-3-5-11/h6-8,11,17H,3-5,9H2,1-2H3,(H,16,18). The van der Waals surface area contributed by atoms with Gasteiger partial charge >= 0.3 is 0 Å². The minimum absolute atomic E-state index is 0.116. The van der Waals surface area contributed by atoms with E-state index in [-0.39, 0.29) is 18.6 Å². The van der Waals surface area contributed by atoms with Gasteiger partial charge in [-0.1, -0.05) is 0 Å². The fourth-order valence-corrected chi connectivity index (χ4v) is 1.69. The molecule has 0 unspecified atom stereocenters. The Bertz CT molecular complexity index is 456. The first-order valence-electron chi connectivity index (χ1n) is 6.56. The van der Waals surface area contributed by atoms with Crippen molar-refractivity contribution in [2.24, 2.45) is 0 Å². The molecule has 0 bridgehead atoms. The first-order valence-corrected chi connectivity index (χ1v) is 6.56. The van der Waals surface area contributed by atoms with Crippen molar-refractivity contribution in [1.29, 1.82) is 0 Å². The molecule has 1 heterocycles. The minimum Gasteiger partial charge on any atom is -0.474 e. The van der Waals surface area contributed by atoms with Crippen LogP contribution in [0.25, 0.3) is 0 Å². The van der Waals surface area contributed by atoms with Crippen molar-refractivity contribution in [3.05, 3.63) is 23.9 Å². The number of rotatable bonds is 5. The second kappa shape index (κ2) is 5.57. The molecule has 104 valence electrons. The number of aliphatic hydroxyl groups excluding tert-OH is 1. The van der Waals surface area contributed by atoms with Gasteiger partial charge in [-0.05, 0) is 39.2 Å². The third kappa shape index (κ3) is 3.67. The lowest BCUT2D eigenvalue weighted by Gasteiger charge is -2.26. The molecule has 0 aromatic carbocycles. The molecule has 19 heavy (non-hydrogen) atoms. The number of carbonyl (C=O) groups excluding carboxylic acids is 1. The van der Waals surface area contributed by atoms with Crippen LogP contribution in [0.5, 0.6) is 5.88 Å². The Morgan fingerprint density at radius 1 is 1.58 bits per heavy atom. The van der Waals surface area contributed by atoms with Crippen molar-refractivity contribution < 1.29 is 14.6 Å². The molecule has 1 aromatic rings. The van der Waals surface area contributed by atoms with Gasteiger partial charge in [-0.3, -0.25) is 4.79 Å². The number of aromatic nitrogens is 1. The zero-order valence-electron chi connectivity index (χ0n) is 11.3. The lowest BCUT2D eigenvalue weighted by atomic mass is 9.96. The summed E-state index contributed by atoms with van der Waals surface area (Å²) in [6.45, 7) is 3.41. The van der Waals surface area contributed by atoms with Crippen LogP contribution in [0.15, 0.2) is 18.3 Å². The Balaban J connectivity index is 2.02. The van der Waals surface area contributed by atoms with Gasteiger partial charge in [0.05, 0.1) is 12.1 Å². The van der Waals surface area contributed by atoms with Gasteiger partial charge in [-0.2, -0.15) is 0 Å². The molecule has 0 spiro atoms. The van der Waals surface area contributed by atoms with Crippen LogP contribution in [-0.4, -0.2) is 34.2 Å². The lowest BCUT2D eigenvalue weighted by molar-refractivity contribution is 0.0865. The van der Waals surface area contributed by atoms with Crippen LogP contribution in [0, 0.1) is 0 Å². The van der Waals surface area contributed by atoms with Crippen LogP contribution >= 0.6 is 0 Å². The molecular weight excluding hydrogens is 244 g/mol. The fourth-order valence-electron chi connectivity index (χ4n) is 1.69. The van der Waals surface area contributed by atoms with E-state index in [0.717, 1.165) is 12.8 Å². The molecule has 5 heteroatoms. The van der Waals surface area contributed by atoms with E-state index in [2.05, 4.69) is 10.3 Å². The van der Waals surface area contributed by atoms with Crippen LogP contribution in [0.3, 0.4) is 0 Å². The Labute approximate surface area is 113 Å². The molecule has 2 rings (SSSR count). The first-order chi connectivity index (χ1) is 9.00. The zero-order chi connectivity index (χ0) is 13.9. The minimum atomic E-state index is -0.644. The summed E-state index contributed by atoms with van der Waals surface area (Å²) in [5, 5.41) is 11.9. The predicted octanol–water partition coefficient (Wildman–Crippen LogP) is 1.51. The van der Waals surface area contributed by atoms with Gasteiger partial charge in [0.1, 0.15) is 6.10 Å². The quantitative estimate of drug-likeness (QED) is 0.845. The summed E-state index contributed by atoms with van der Waals surface area (Å²) in [7, 11) is 0. The number of hydrogen-bond acceptors (Lipinski definition) is 4. The monoisotopic (exact) mass is 264 g/mol. The van der Waals surface area contributed by atoms with E-state index in [1.54, 1.807) is 32.2 Å². The number of nitrogens with one attached hydrogen (secondary N) is 1. The molecular formula is C14H20N2O3. The van der Waals surface area contributed by atoms with E-state index in [4.69, 9.17) is 9.84 Å². The molecule has 5 nitrogen and oxygen atoms in total. The van der Waals surface area contributed by atoms with Gasteiger partial charge in [0.15, 0.2) is 0 Å². The first kappa shape index (κ1) is 13.8. The highest BCUT2D eigenvalue weighted by atomic mass is 16.5. The Kier molecular flexibility index (Phi) is 4.04. The average Bonchev–Trinajstić information content (AvgIpc) is 2.34. The summed E-state index contributed by atoms with van der Waals surface area (Å²) in [4.78, 5) is 16.1. The Hall–Kier alpha value is -1.62. The number of nitrogens with zero attached hydrogens (tertiary/aromatic N) is 1. The molecule has 0 aliphatic heterocycles. The highest BCUT2D eigenvalue weighted by Gasteiger charge is 2.22. The molecule has 1 amide bonds. The molecule has 0 saturated heterocycles. The lowest BCUT2D eigenvalue weighted by Crippen LogP contribution is -2.46. The summed E-state index contributed by atoms with van der Waals surface area (Å²) < 4.78 is 5.66. The fraction of sp³-hybridized carbons (Fsp3) is 0.571. The molecule has 1 aromatic heterocycles. The molecule has 1 fully saturated rings. The number of carbonyl (C=O) groups is 1. The van der Waals surface area contributed by atoms with Gasteiger partial charge in [0.25, 0.3) is 5.91 Å². The summed E-state index contributed by atoms with van der Waals surface area (Å²) in [5.74, 6) is 0.249. The highest BCUT2D eigenvalue weighted by Crippen LogP contribution is 2.24. The van der Waals surface area contributed by atoms with Crippen molar-refractivity contribution in [2.45, 2.75) is 44.8 Å². The van der Waals surface area contributed by atoms with Crippen LogP contribution in [-0.2, 0) is 0 Å². The van der Waals surface area contributed by atoms with Crippen molar-refractivity contribution in [2.75, 3.05) is 6.61 Å². The smallest absolute Gasteiger partial charge is 0.252 e. The van der Waals surface area contributed by atoms with Gasteiger partial charge in [-0.25, -0.2) is 4.98 Å². The van der Waals surface area contributed by atoms with Crippen molar-refractivity contribution in [1.82, 2.24) is 10.3 Å². The molecule has 1 aliphatic carbocycles. The van der Waals surface area contributed by atoms with Crippen molar-refractivity contribution in [3.63, 3.8) is 0 Å². The van der Waals surface area contributed by atoms with E-state index < -0.39 is 5.54 Å². The number of ether oxygens (including phenoxy) is 1. The Morgan fingerprint density at radius 3 is 2.89 bits per heavy atom. The zero-order valence-corrected chi connectivity index (χ0v) is 11.3. The van der Waals surface area contributed by atoms with Gasteiger partial charge in [0.2, 0.25) is 5.88 Å². The third-order valence-corrected chi connectivity index (χ3v) is 3.18. The molecule has 2 N–H and O–H groups in total. The summed E-state index contributed by atoms with van der Waals surface area (Å²) in [5.41, 5.74) is -0.152. The summed E-state index contributed by atoms with van der Waals surface area (Å²) in [6.07, 6.45) is 5.09. The second-order valence-corrected chi connectivity index (χ2v) is 5.55. The maximum absolute atomic E-state index is 12.0. The number of aliphatic hydroxyl groups is 1. The van der Waals surface area contributed by atoms with Crippen LogP contribution in [0.2, 0.25) is 0 Å². The van der Waals surface area contributed by atoms with E-state index in [1.165, 1.54) is 6.42 Å². The van der Waals surface area contributed by atoms with Crippen molar-refractivity contribution >= 4 is 5.91 Å². The SMILES string of the molecule is CC(C)(CO)NC(=O)c1ccnc(OC2CCC2)c1. The van der Waals surface area contributed by atoms with Gasteiger partial charge in [-0.15, -0.1) is 0 Å². The molecule has 0 atom stereocenters. The molecule has 0 radical (unpaired) electrons. The number of hydrogen-bond donors (Lipinski definition) is 2. The predicted molar refractivity (Wildman–Crippen MR) is 71.1 cm³/mol. The Morgan fingerprint density at radius 2 is 2.32 bits per heavy atom. The summed E-state index contributed by atoms with van der Waals surface area (Å²) in [6, 6.07) is 3.28.